The van der Waals surface area contributed by atoms with Crippen molar-refractivity contribution < 1.29 is 18.7 Å². The molecule has 0 amide bonds. The van der Waals surface area contributed by atoms with Gasteiger partial charge in [0.1, 0.15) is 0 Å². The molecule has 1 aromatic rings. The molecule has 0 atom stereocenters. The van der Waals surface area contributed by atoms with Crippen LogP contribution in [0, 0.1) is 17.6 Å². The zero-order valence-corrected chi connectivity index (χ0v) is 10.5. The zero-order chi connectivity index (χ0) is 13.7. The quantitative estimate of drug-likeness (QED) is 0.851. The second-order valence-electron chi connectivity index (χ2n) is 4.67. The van der Waals surface area contributed by atoms with Gasteiger partial charge in [0.25, 0.3) is 0 Å². The molecule has 0 aliphatic heterocycles. The van der Waals surface area contributed by atoms with Gasteiger partial charge in [0.05, 0.1) is 6.54 Å². The van der Waals surface area contributed by atoms with Crippen LogP contribution in [0.25, 0.3) is 0 Å². The lowest BCUT2D eigenvalue weighted by molar-refractivity contribution is -0.138. The van der Waals surface area contributed by atoms with Crippen LogP contribution in [0.2, 0.25) is 0 Å². The number of carboxylic acids is 1. The molecule has 0 saturated heterocycles. The molecular weight excluding hydrogens is 240 g/mol. The Morgan fingerprint density at radius 1 is 1.39 bits per heavy atom. The third kappa shape index (κ3) is 4.41. The fraction of sp³-hybridized carbons (Fsp3) is 0.462. The van der Waals surface area contributed by atoms with E-state index in [1.807, 2.05) is 13.8 Å². The van der Waals surface area contributed by atoms with Crippen molar-refractivity contribution in [3.63, 3.8) is 0 Å². The van der Waals surface area contributed by atoms with Gasteiger partial charge in [-0.15, -0.1) is 0 Å². The molecule has 3 nitrogen and oxygen atoms in total. The molecule has 0 unspecified atom stereocenters. The molecule has 1 rings (SSSR count). The molecule has 0 heterocycles. The monoisotopic (exact) mass is 257 g/mol. The van der Waals surface area contributed by atoms with Gasteiger partial charge in [0.2, 0.25) is 0 Å². The summed E-state index contributed by atoms with van der Waals surface area (Å²) >= 11 is 0. The highest BCUT2D eigenvalue weighted by Crippen LogP contribution is 2.14. The van der Waals surface area contributed by atoms with E-state index >= 15 is 0 Å². The number of carbonyl (C=O) groups is 1. The summed E-state index contributed by atoms with van der Waals surface area (Å²) in [6.07, 6.45) is 0. The van der Waals surface area contributed by atoms with Crippen LogP contribution in [0.5, 0.6) is 0 Å². The Morgan fingerprint density at radius 2 is 2.06 bits per heavy atom. The van der Waals surface area contributed by atoms with Crippen molar-refractivity contribution in [2.45, 2.75) is 20.4 Å². The van der Waals surface area contributed by atoms with Gasteiger partial charge >= 0.3 is 5.97 Å². The van der Waals surface area contributed by atoms with Crippen LogP contribution in [0.15, 0.2) is 18.2 Å². The predicted octanol–water partition coefficient (Wildman–Crippen LogP) is 2.51. The molecular formula is C13H17F2NO2. The van der Waals surface area contributed by atoms with E-state index in [1.165, 1.54) is 12.1 Å². The summed E-state index contributed by atoms with van der Waals surface area (Å²) in [5, 5.41) is 8.79. The summed E-state index contributed by atoms with van der Waals surface area (Å²) in [5.74, 6) is -2.54. The third-order valence-electron chi connectivity index (χ3n) is 2.41. The number of rotatable bonds is 6. The maximum absolute atomic E-state index is 13.5. The number of hydrogen-bond donors (Lipinski definition) is 1. The van der Waals surface area contributed by atoms with E-state index in [0.29, 0.717) is 6.54 Å². The molecule has 0 saturated carbocycles. The fourth-order valence-electron chi connectivity index (χ4n) is 1.80. The first kappa shape index (κ1) is 14.6. The molecule has 0 fully saturated rings. The summed E-state index contributed by atoms with van der Waals surface area (Å²) in [7, 11) is 0. The maximum Gasteiger partial charge on any atom is 0.317 e. The van der Waals surface area contributed by atoms with Crippen molar-refractivity contribution in [3.05, 3.63) is 35.4 Å². The molecule has 0 bridgehead atoms. The zero-order valence-electron chi connectivity index (χ0n) is 10.5. The van der Waals surface area contributed by atoms with E-state index in [4.69, 9.17) is 5.11 Å². The maximum atomic E-state index is 13.5. The average Bonchev–Trinajstić information content (AvgIpc) is 2.23. The minimum atomic E-state index is -0.979. The summed E-state index contributed by atoms with van der Waals surface area (Å²) < 4.78 is 26.5. The highest BCUT2D eigenvalue weighted by Gasteiger charge is 2.15. The summed E-state index contributed by atoms with van der Waals surface area (Å²) in [5.41, 5.74) is 0.178. The molecule has 0 radical (unpaired) electrons. The Hall–Kier alpha value is -1.49. The van der Waals surface area contributed by atoms with Crippen LogP contribution in [0.3, 0.4) is 0 Å². The van der Waals surface area contributed by atoms with E-state index in [2.05, 4.69) is 0 Å². The molecule has 0 aliphatic carbocycles. The van der Waals surface area contributed by atoms with Crippen LogP contribution in [0.1, 0.15) is 19.4 Å². The topological polar surface area (TPSA) is 40.5 Å². The molecule has 0 spiro atoms. The Bertz CT molecular complexity index is 421. The first-order valence-corrected chi connectivity index (χ1v) is 5.77. The standard InChI is InChI=1S/C13H17F2NO2/c1-9(2)6-16(8-12(17)18)7-10-4-3-5-11(14)13(10)15/h3-5,9H,6-8H2,1-2H3,(H,17,18). The first-order chi connectivity index (χ1) is 8.40. The van der Waals surface area contributed by atoms with Crippen molar-refractivity contribution in [1.29, 1.82) is 0 Å². The number of hydrogen-bond acceptors (Lipinski definition) is 2. The van der Waals surface area contributed by atoms with Crippen molar-refractivity contribution in [1.82, 2.24) is 4.90 Å². The van der Waals surface area contributed by atoms with Crippen molar-refractivity contribution in [2.24, 2.45) is 5.92 Å². The van der Waals surface area contributed by atoms with Gasteiger partial charge < -0.3 is 5.11 Å². The Balaban J connectivity index is 2.81. The summed E-state index contributed by atoms with van der Waals surface area (Å²) in [6, 6.07) is 3.93. The fourth-order valence-corrected chi connectivity index (χ4v) is 1.80. The lowest BCUT2D eigenvalue weighted by Crippen LogP contribution is -2.32. The SMILES string of the molecule is CC(C)CN(CC(=O)O)Cc1cccc(F)c1F. The van der Waals surface area contributed by atoms with Gasteiger partial charge in [-0.05, 0) is 12.0 Å². The number of aliphatic carboxylic acids is 1. The van der Waals surface area contributed by atoms with Gasteiger partial charge in [-0.3, -0.25) is 9.69 Å². The van der Waals surface area contributed by atoms with Crippen LogP contribution >= 0.6 is 0 Å². The Morgan fingerprint density at radius 3 is 2.61 bits per heavy atom. The van der Waals surface area contributed by atoms with Gasteiger partial charge in [-0.2, -0.15) is 0 Å². The smallest absolute Gasteiger partial charge is 0.317 e. The minimum Gasteiger partial charge on any atom is -0.480 e. The minimum absolute atomic E-state index is 0.0913. The second-order valence-corrected chi connectivity index (χ2v) is 4.67. The average molecular weight is 257 g/mol. The van der Waals surface area contributed by atoms with Gasteiger partial charge in [0.15, 0.2) is 11.6 Å². The Kier molecular flexibility index (Phi) is 5.22. The number of halogens is 2. The third-order valence-corrected chi connectivity index (χ3v) is 2.41. The van der Waals surface area contributed by atoms with Crippen molar-refractivity contribution in [2.75, 3.05) is 13.1 Å². The van der Waals surface area contributed by atoms with Crippen LogP contribution < -0.4 is 0 Å². The largest absolute Gasteiger partial charge is 0.480 e. The number of carboxylic acid groups (broad SMARTS) is 1. The lowest BCUT2D eigenvalue weighted by Gasteiger charge is -2.22. The highest BCUT2D eigenvalue weighted by atomic mass is 19.2. The van der Waals surface area contributed by atoms with Crippen molar-refractivity contribution >= 4 is 5.97 Å². The van der Waals surface area contributed by atoms with Crippen molar-refractivity contribution in [3.8, 4) is 0 Å². The summed E-state index contributed by atoms with van der Waals surface area (Å²) in [6.45, 7) is 4.30. The van der Waals surface area contributed by atoms with E-state index in [0.717, 1.165) is 6.07 Å². The molecule has 1 aromatic carbocycles. The number of benzene rings is 1. The number of nitrogens with zero attached hydrogens (tertiary/aromatic N) is 1. The highest BCUT2D eigenvalue weighted by molar-refractivity contribution is 5.69. The second kappa shape index (κ2) is 6.44. The van der Waals surface area contributed by atoms with Crippen LogP contribution in [-0.4, -0.2) is 29.1 Å². The molecule has 100 valence electrons. The van der Waals surface area contributed by atoms with Gasteiger partial charge in [-0.25, -0.2) is 8.78 Å². The normalized spacial score (nSPS) is 11.2. The van der Waals surface area contributed by atoms with E-state index in [-0.39, 0.29) is 24.6 Å². The van der Waals surface area contributed by atoms with Crippen LogP contribution in [0.4, 0.5) is 8.78 Å². The van der Waals surface area contributed by atoms with Gasteiger partial charge in [0, 0.05) is 18.7 Å². The molecule has 0 aliphatic rings. The Labute approximate surface area is 105 Å². The molecule has 0 aromatic heterocycles. The van der Waals surface area contributed by atoms with E-state index < -0.39 is 17.6 Å². The first-order valence-electron chi connectivity index (χ1n) is 5.77. The van der Waals surface area contributed by atoms with Crippen LogP contribution in [-0.2, 0) is 11.3 Å². The van der Waals surface area contributed by atoms with E-state index in [9.17, 15) is 13.6 Å². The summed E-state index contributed by atoms with van der Waals surface area (Å²) in [4.78, 5) is 12.3. The lowest BCUT2D eigenvalue weighted by atomic mass is 10.1. The molecule has 18 heavy (non-hydrogen) atoms. The predicted molar refractivity (Wildman–Crippen MR) is 64.1 cm³/mol. The molecule has 5 heteroatoms. The van der Waals surface area contributed by atoms with Gasteiger partial charge in [-0.1, -0.05) is 26.0 Å². The van der Waals surface area contributed by atoms with E-state index in [1.54, 1.807) is 4.90 Å². The molecule has 1 N–H and O–H groups in total.